The molecule has 1 aliphatic rings. The second kappa shape index (κ2) is 7.06. The van der Waals surface area contributed by atoms with Crippen LogP contribution in [-0.4, -0.2) is 33.7 Å². The van der Waals surface area contributed by atoms with Gasteiger partial charge in [-0.2, -0.15) is 0 Å². The third-order valence-electron chi connectivity index (χ3n) is 3.68. The Hall–Kier alpha value is -0.980. The molecule has 1 fully saturated rings. The largest absolute Gasteiger partial charge is 0.354 e. The van der Waals surface area contributed by atoms with Gasteiger partial charge in [0.1, 0.15) is 0 Å². The van der Waals surface area contributed by atoms with E-state index in [1.54, 1.807) is 18.2 Å². The second-order valence-corrected chi connectivity index (χ2v) is 8.05. The second-order valence-electron chi connectivity index (χ2n) is 5.32. The third-order valence-corrected chi connectivity index (χ3v) is 5.45. The molecule has 2 rings (SSSR count). The predicted molar refractivity (Wildman–Crippen MR) is 89.0 cm³/mol. The number of nitrogens with zero attached hydrogens (tertiary/aromatic N) is 1. The van der Waals surface area contributed by atoms with E-state index in [1.165, 1.54) is 0 Å². The van der Waals surface area contributed by atoms with E-state index in [0.717, 1.165) is 29.8 Å². The van der Waals surface area contributed by atoms with Gasteiger partial charge < -0.3 is 5.32 Å². The molecule has 5 nitrogen and oxygen atoms in total. The van der Waals surface area contributed by atoms with Crippen LogP contribution in [0.4, 0.5) is 5.69 Å². The highest BCUT2D eigenvalue weighted by Crippen LogP contribution is 2.34. The molecule has 0 heterocycles. The number of amides is 1. The molecule has 1 aromatic rings. The van der Waals surface area contributed by atoms with Gasteiger partial charge in [0.25, 0.3) is 0 Å². The minimum atomic E-state index is -3.56. The summed E-state index contributed by atoms with van der Waals surface area (Å²) in [5.74, 6) is 0.0422. The van der Waals surface area contributed by atoms with Gasteiger partial charge in [-0.1, -0.05) is 35.7 Å². The maximum absolute atomic E-state index is 12.0. The van der Waals surface area contributed by atoms with Crippen LogP contribution < -0.4 is 9.62 Å². The number of hydrogen-bond acceptors (Lipinski definition) is 3. The third kappa shape index (κ3) is 4.06. The van der Waals surface area contributed by atoms with Crippen molar-refractivity contribution in [2.24, 2.45) is 5.92 Å². The molecule has 1 saturated carbocycles. The van der Waals surface area contributed by atoms with E-state index in [0.29, 0.717) is 0 Å². The normalized spacial score (nSPS) is 15.2. The van der Waals surface area contributed by atoms with E-state index < -0.39 is 10.0 Å². The van der Waals surface area contributed by atoms with Crippen LogP contribution in [-0.2, 0) is 14.8 Å². The maximum atomic E-state index is 12.0. The van der Waals surface area contributed by atoms with Gasteiger partial charge in [-0.15, -0.1) is 0 Å². The molecule has 0 bridgehead atoms. The highest BCUT2D eigenvalue weighted by atomic mass is 35.5. The summed E-state index contributed by atoms with van der Waals surface area (Å²) in [5.41, 5.74) is 0.242. The van der Waals surface area contributed by atoms with Crippen molar-refractivity contribution < 1.29 is 13.2 Å². The van der Waals surface area contributed by atoms with Crippen molar-refractivity contribution in [3.8, 4) is 0 Å². The SMILES string of the molecule is CS(=O)(=O)N(CCNC(=O)C1CCC1)c1c(Cl)cccc1Cl. The fraction of sp³-hybridized carbons (Fsp3) is 0.500. The number of nitrogens with one attached hydrogen (secondary N) is 1. The van der Waals surface area contributed by atoms with Crippen LogP contribution in [0.15, 0.2) is 18.2 Å². The number of sulfonamides is 1. The Morgan fingerprint density at radius 3 is 2.36 bits per heavy atom. The van der Waals surface area contributed by atoms with Crippen molar-refractivity contribution in [3.63, 3.8) is 0 Å². The summed E-state index contributed by atoms with van der Waals surface area (Å²) in [6.07, 6.45) is 3.96. The Morgan fingerprint density at radius 2 is 1.91 bits per heavy atom. The lowest BCUT2D eigenvalue weighted by atomic mass is 9.85. The fourth-order valence-corrected chi connectivity index (χ4v) is 3.92. The number of carbonyl (C=O) groups excluding carboxylic acids is 1. The number of carbonyl (C=O) groups is 1. The molecule has 1 aromatic carbocycles. The van der Waals surface area contributed by atoms with E-state index in [1.807, 2.05) is 0 Å². The summed E-state index contributed by atoms with van der Waals surface area (Å²) in [6, 6.07) is 4.80. The Kier molecular flexibility index (Phi) is 5.58. The molecule has 0 aliphatic heterocycles. The molecule has 0 spiro atoms. The summed E-state index contributed by atoms with van der Waals surface area (Å²) in [4.78, 5) is 11.8. The molecule has 0 atom stereocenters. The van der Waals surface area contributed by atoms with Gasteiger partial charge >= 0.3 is 0 Å². The van der Waals surface area contributed by atoms with Crippen molar-refractivity contribution in [2.75, 3.05) is 23.7 Å². The first-order chi connectivity index (χ1) is 10.3. The first kappa shape index (κ1) is 17.4. The fourth-order valence-electron chi connectivity index (χ4n) is 2.27. The summed E-state index contributed by atoms with van der Waals surface area (Å²) in [6.45, 7) is 0.296. The molecule has 22 heavy (non-hydrogen) atoms. The van der Waals surface area contributed by atoms with Crippen LogP contribution in [0.5, 0.6) is 0 Å². The van der Waals surface area contributed by atoms with E-state index >= 15 is 0 Å². The van der Waals surface area contributed by atoms with E-state index in [-0.39, 0.29) is 40.6 Å². The zero-order valence-electron chi connectivity index (χ0n) is 12.2. The molecule has 1 amide bonds. The number of para-hydroxylation sites is 1. The van der Waals surface area contributed by atoms with Gasteiger partial charge in [-0.25, -0.2) is 8.42 Å². The number of hydrogen-bond donors (Lipinski definition) is 1. The predicted octanol–water partition coefficient (Wildman–Crippen LogP) is 2.68. The van der Waals surface area contributed by atoms with Crippen LogP contribution in [0.2, 0.25) is 10.0 Å². The standard InChI is InChI=1S/C14H18Cl2N2O3S/c1-22(20,21)18(13-11(15)6-3-7-12(13)16)9-8-17-14(19)10-4-2-5-10/h3,6-7,10H,2,4-5,8-9H2,1H3,(H,17,19). The lowest BCUT2D eigenvalue weighted by Gasteiger charge is -2.27. The average molecular weight is 365 g/mol. The Labute approximate surface area is 140 Å². The smallest absolute Gasteiger partial charge is 0.232 e. The van der Waals surface area contributed by atoms with Gasteiger partial charge in [0.05, 0.1) is 28.5 Å². The van der Waals surface area contributed by atoms with Crippen LogP contribution >= 0.6 is 23.2 Å². The number of benzene rings is 1. The Balaban J connectivity index is 2.09. The monoisotopic (exact) mass is 364 g/mol. The Bertz CT molecular complexity index is 640. The number of halogens is 2. The maximum Gasteiger partial charge on any atom is 0.232 e. The van der Waals surface area contributed by atoms with Crippen molar-refractivity contribution in [1.29, 1.82) is 0 Å². The van der Waals surface area contributed by atoms with Crippen molar-refractivity contribution >= 4 is 44.8 Å². The molecule has 1 N–H and O–H groups in total. The molecule has 0 aromatic heterocycles. The van der Waals surface area contributed by atoms with Gasteiger partial charge in [0, 0.05) is 12.5 Å². The van der Waals surface area contributed by atoms with Gasteiger partial charge in [0.15, 0.2) is 0 Å². The summed E-state index contributed by atoms with van der Waals surface area (Å²) in [7, 11) is -3.56. The zero-order valence-corrected chi connectivity index (χ0v) is 14.5. The van der Waals surface area contributed by atoms with Crippen molar-refractivity contribution in [3.05, 3.63) is 28.2 Å². The molecule has 8 heteroatoms. The highest BCUT2D eigenvalue weighted by molar-refractivity contribution is 7.92. The summed E-state index contributed by atoms with van der Waals surface area (Å²) in [5, 5.41) is 3.27. The first-order valence-corrected chi connectivity index (χ1v) is 9.60. The van der Waals surface area contributed by atoms with Crippen LogP contribution in [0, 0.1) is 5.92 Å². The van der Waals surface area contributed by atoms with Crippen molar-refractivity contribution in [1.82, 2.24) is 5.32 Å². The van der Waals surface area contributed by atoms with E-state index in [2.05, 4.69) is 5.32 Å². The lowest BCUT2D eigenvalue weighted by molar-refractivity contribution is -0.127. The molecule has 1 aliphatic carbocycles. The zero-order chi connectivity index (χ0) is 16.3. The highest BCUT2D eigenvalue weighted by Gasteiger charge is 2.26. The topological polar surface area (TPSA) is 66.5 Å². The van der Waals surface area contributed by atoms with E-state index in [4.69, 9.17) is 23.2 Å². The summed E-state index contributed by atoms with van der Waals surface area (Å²) >= 11 is 12.2. The summed E-state index contributed by atoms with van der Waals surface area (Å²) < 4.78 is 25.1. The molecule has 0 unspecified atom stereocenters. The van der Waals surface area contributed by atoms with Gasteiger partial charge in [-0.3, -0.25) is 9.10 Å². The van der Waals surface area contributed by atoms with Crippen LogP contribution in [0.3, 0.4) is 0 Å². The lowest BCUT2D eigenvalue weighted by Crippen LogP contribution is -2.41. The van der Waals surface area contributed by atoms with Crippen LogP contribution in [0.25, 0.3) is 0 Å². The number of rotatable bonds is 6. The van der Waals surface area contributed by atoms with Gasteiger partial charge in [0.2, 0.25) is 15.9 Å². The molecular weight excluding hydrogens is 347 g/mol. The van der Waals surface area contributed by atoms with Gasteiger partial charge in [-0.05, 0) is 25.0 Å². The quantitative estimate of drug-likeness (QED) is 0.843. The molecule has 122 valence electrons. The number of anilines is 1. The average Bonchev–Trinajstić information content (AvgIpc) is 2.33. The first-order valence-electron chi connectivity index (χ1n) is 7.00. The minimum Gasteiger partial charge on any atom is -0.354 e. The Morgan fingerprint density at radius 1 is 1.32 bits per heavy atom. The molecular formula is C14H18Cl2N2O3S. The minimum absolute atomic E-state index is 0.0232. The van der Waals surface area contributed by atoms with E-state index in [9.17, 15) is 13.2 Å². The van der Waals surface area contributed by atoms with Crippen molar-refractivity contribution in [2.45, 2.75) is 19.3 Å². The molecule has 0 saturated heterocycles. The molecule has 0 radical (unpaired) electrons. The van der Waals surface area contributed by atoms with Crippen LogP contribution in [0.1, 0.15) is 19.3 Å².